The summed E-state index contributed by atoms with van der Waals surface area (Å²) in [5, 5.41) is 3.34. The molecular weight excluding hydrogens is 434 g/mol. The van der Waals surface area contributed by atoms with E-state index in [9.17, 15) is 9.59 Å². The van der Waals surface area contributed by atoms with Gasteiger partial charge in [0, 0.05) is 16.8 Å². The van der Waals surface area contributed by atoms with E-state index in [0.29, 0.717) is 39.5 Å². The summed E-state index contributed by atoms with van der Waals surface area (Å²) >= 11 is 1.45. The molecule has 4 rings (SSSR count). The van der Waals surface area contributed by atoms with E-state index < -0.39 is 11.6 Å². The number of carbonyl (C=O) groups is 1. The predicted octanol–water partition coefficient (Wildman–Crippen LogP) is 4.47. The van der Waals surface area contributed by atoms with Crippen molar-refractivity contribution in [1.29, 1.82) is 0 Å². The summed E-state index contributed by atoms with van der Waals surface area (Å²) in [7, 11) is 4.39. The molecule has 0 aliphatic heterocycles. The van der Waals surface area contributed by atoms with Crippen LogP contribution in [0.25, 0.3) is 22.2 Å². The molecule has 0 aliphatic rings. The number of nitrogens with zero attached hydrogens (tertiary/aromatic N) is 1. The number of hydrogen-bond donors (Lipinski definition) is 0. The average molecular weight is 453 g/mol. The lowest BCUT2D eigenvalue weighted by molar-refractivity contribution is 0.0734. The molecule has 0 saturated heterocycles. The second-order valence-corrected chi connectivity index (χ2v) is 7.76. The third-order valence-electron chi connectivity index (χ3n) is 4.71. The van der Waals surface area contributed by atoms with Gasteiger partial charge in [0.1, 0.15) is 11.3 Å². The van der Waals surface area contributed by atoms with Crippen LogP contribution in [-0.4, -0.2) is 32.3 Å². The van der Waals surface area contributed by atoms with Crippen LogP contribution in [0, 0.1) is 6.92 Å². The lowest BCUT2D eigenvalue weighted by Gasteiger charge is -2.13. The molecular formula is C23H19NO7S. The summed E-state index contributed by atoms with van der Waals surface area (Å²) in [6, 6.07) is 9.51. The number of carbonyl (C=O) groups excluding carboxylic acids is 1. The van der Waals surface area contributed by atoms with E-state index in [4.69, 9.17) is 23.4 Å². The van der Waals surface area contributed by atoms with Crippen molar-refractivity contribution < 1.29 is 28.2 Å². The first kappa shape index (κ1) is 21.4. The Bertz CT molecular complexity index is 1350. The molecule has 0 saturated carbocycles. The number of fused-ring (bicyclic) bond motifs is 1. The molecule has 2 aromatic carbocycles. The molecule has 8 nitrogen and oxygen atoms in total. The number of methoxy groups -OCH3 is 3. The van der Waals surface area contributed by atoms with E-state index in [-0.39, 0.29) is 11.3 Å². The number of esters is 1. The molecule has 4 aromatic rings. The van der Waals surface area contributed by atoms with E-state index in [1.54, 1.807) is 23.6 Å². The highest BCUT2D eigenvalue weighted by Gasteiger charge is 2.19. The predicted molar refractivity (Wildman–Crippen MR) is 119 cm³/mol. The largest absolute Gasteiger partial charge is 0.493 e. The summed E-state index contributed by atoms with van der Waals surface area (Å²) in [5.74, 6) is 0.601. The van der Waals surface area contributed by atoms with Gasteiger partial charge in [0.15, 0.2) is 11.5 Å². The third kappa shape index (κ3) is 4.02. The van der Waals surface area contributed by atoms with E-state index in [0.717, 1.165) is 5.01 Å². The fourth-order valence-electron chi connectivity index (χ4n) is 3.19. The van der Waals surface area contributed by atoms with Crippen molar-refractivity contribution in [2.45, 2.75) is 6.92 Å². The maximum Gasteiger partial charge on any atom is 0.345 e. The molecule has 32 heavy (non-hydrogen) atoms. The minimum atomic E-state index is -0.638. The van der Waals surface area contributed by atoms with Gasteiger partial charge in [0.25, 0.3) is 0 Å². The molecule has 9 heteroatoms. The SMILES string of the molecule is COc1cc(C(=O)Oc2ccc3cc(-c4csc(C)n4)c(=O)oc3c2)cc(OC)c1OC. The van der Waals surface area contributed by atoms with Gasteiger partial charge in [-0.3, -0.25) is 0 Å². The van der Waals surface area contributed by atoms with Crippen LogP contribution in [0.5, 0.6) is 23.0 Å². The minimum Gasteiger partial charge on any atom is -0.493 e. The van der Waals surface area contributed by atoms with E-state index in [1.807, 2.05) is 6.92 Å². The molecule has 2 heterocycles. The third-order valence-corrected chi connectivity index (χ3v) is 5.49. The zero-order chi connectivity index (χ0) is 22.8. The van der Waals surface area contributed by atoms with Crippen LogP contribution < -0.4 is 24.6 Å². The van der Waals surface area contributed by atoms with E-state index in [1.165, 1.54) is 50.9 Å². The summed E-state index contributed by atoms with van der Waals surface area (Å²) < 4.78 is 26.7. The molecule has 0 aliphatic carbocycles. The van der Waals surface area contributed by atoms with Crippen molar-refractivity contribution in [2.75, 3.05) is 21.3 Å². The van der Waals surface area contributed by atoms with Crippen LogP contribution in [0.1, 0.15) is 15.4 Å². The normalized spacial score (nSPS) is 10.8. The number of aryl methyl sites for hydroxylation is 1. The Morgan fingerprint density at radius 1 is 1.00 bits per heavy atom. The highest BCUT2D eigenvalue weighted by molar-refractivity contribution is 7.09. The first-order valence-corrected chi connectivity index (χ1v) is 10.3. The second-order valence-electron chi connectivity index (χ2n) is 6.70. The number of ether oxygens (including phenoxy) is 4. The zero-order valence-electron chi connectivity index (χ0n) is 17.8. The van der Waals surface area contributed by atoms with E-state index >= 15 is 0 Å². The van der Waals surface area contributed by atoms with Crippen molar-refractivity contribution in [1.82, 2.24) is 4.98 Å². The van der Waals surface area contributed by atoms with Crippen LogP contribution >= 0.6 is 11.3 Å². The Labute approximate surface area is 186 Å². The first-order chi connectivity index (χ1) is 15.4. The molecule has 0 amide bonds. The molecule has 0 unspecified atom stereocenters. The monoisotopic (exact) mass is 453 g/mol. The van der Waals surface area contributed by atoms with Crippen molar-refractivity contribution in [3.8, 4) is 34.3 Å². The highest BCUT2D eigenvalue weighted by atomic mass is 32.1. The quantitative estimate of drug-likeness (QED) is 0.240. The van der Waals surface area contributed by atoms with E-state index in [2.05, 4.69) is 4.98 Å². The highest BCUT2D eigenvalue weighted by Crippen LogP contribution is 2.38. The van der Waals surface area contributed by atoms with Crippen molar-refractivity contribution in [3.05, 3.63) is 62.8 Å². The number of thiazole rings is 1. The smallest absolute Gasteiger partial charge is 0.345 e. The van der Waals surface area contributed by atoms with Crippen molar-refractivity contribution in [2.24, 2.45) is 0 Å². The van der Waals surface area contributed by atoms with Crippen LogP contribution in [0.15, 0.2) is 51.0 Å². The Morgan fingerprint density at radius 2 is 1.72 bits per heavy atom. The Kier molecular flexibility index (Phi) is 5.83. The van der Waals surface area contributed by atoms with Gasteiger partial charge in [0.2, 0.25) is 5.75 Å². The van der Waals surface area contributed by atoms with Gasteiger partial charge in [0.05, 0.1) is 43.2 Å². The molecule has 2 aromatic heterocycles. The summed E-state index contributed by atoms with van der Waals surface area (Å²) in [6.45, 7) is 1.87. The van der Waals surface area contributed by atoms with Gasteiger partial charge < -0.3 is 23.4 Å². The number of hydrogen-bond acceptors (Lipinski definition) is 9. The van der Waals surface area contributed by atoms with Gasteiger partial charge in [-0.15, -0.1) is 11.3 Å². The molecule has 0 N–H and O–H groups in total. The number of benzene rings is 2. The maximum atomic E-state index is 12.7. The summed E-state index contributed by atoms with van der Waals surface area (Å²) in [6.07, 6.45) is 0. The average Bonchev–Trinajstić information content (AvgIpc) is 3.23. The molecule has 0 atom stereocenters. The van der Waals surface area contributed by atoms with Gasteiger partial charge in [-0.2, -0.15) is 0 Å². The first-order valence-electron chi connectivity index (χ1n) is 9.46. The van der Waals surface area contributed by atoms with Crippen LogP contribution in [0.4, 0.5) is 0 Å². The Balaban J connectivity index is 1.65. The molecule has 0 spiro atoms. The standard InChI is InChI=1S/C23H19NO7S/c1-12-24-17(11-32-12)16-7-13-5-6-15(10-18(13)31-23(16)26)30-22(25)14-8-19(27-2)21(29-4)20(9-14)28-3/h5-11H,1-4H3. The summed E-state index contributed by atoms with van der Waals surface area (Å²) in [4.78, 5) is 29.5. The van der Waals surface area contributed by atoms with Crippen LogP contribution in [0.3, 0.4) is 0 Å². The van der Waals surface area contributed by atoms with Crippen LogP contribution in [0.2, 0.25) is 0 Å². The van der Waals surface area contributed by atoms with Crippen molar-refractivity contribution >= 4 is 28.3 Å². The zero-order valence-corrected chi connectivity index (χ0v) is 18.6. The fourth-order valence-corrected chi connectivity index (χ4v) is 3.80. The van der Waals surface area contributed by atoms with Gasteiger partial charge in [-0.05, 0) is 37.3 Å². The maximum absolute atomic E-state index is 12.7. The van der Waals surface area contributed by atoms with Crippen LogP contribution in [-0.2, 0) is 0 Å². The topological polar surface area (TPSA) is 97.1 Å². The minimum absolute atomic E-state index is 0.204. The lowest BCUT2D eigenvalue weighted by Crippen LogP contribution is -2.10. The van der Waals surface area contributed by atoms with Gasteiger partial charge in [-0.1, -0.05) is 0 Å². The van der Waals surface area contributed by atoms with Gasteiger partial charge >= 0.3 is 11.6 Å². The summed E-state index contributed by atoms with van der Waals surface area (Å²) in [5.41, 5.74) is 0.928. The molecule has 0 fully saturated rings. The Morgan fingerprint density at radius 3 is 2.31 bits per heavy atom. The molecule has 0 bridgehead atoms. The fraction of sp³-hybridized carbons (Fsp3) is 0.174. The number of rotatable bonds is 6. The Hall–Kier alpha value is -3.85. The van der Waals surface area contributed by atoms with Gasteiger partial charge in [-0.25, -0.2) is 14.6 Å². The molecule has 164 valence electrons. The molecule has 0 radical (unpaired) electrons. The second kappa shape index (κ2) is 8.72. The van der Waals surface area contributed by atoms with Crippen molar-refractivity contribution in [3.63, 3.8) is 0 Å². The number of aromatic nitrogens is 1. The lowest BCUT2D eigenvalue weighted by atomic mass is 10.1.